The van der Waals surface area contributed by atoms with Crippen LogP contribution in [0.2, 0.25) is 0 Å². The van der Waals surface area contributed by atoms with E-state index in [0.717, 1.165) is 44.9 Å². The fraction of sp³-hybridized carbons (Fsp3) is 0.938. The molecule has 0 aliphatic carbocycles. The predicted molar refractivity (Wildman–Crippen MR) is 82.7 cm³/mol. The van der Waals surface area contributed by atoms with E-state index in [9.17, 15) is 4.79 Å². The van der Waals surface area contributed by atoms with Crippen LogP contribution in [0.1, 0.15) is 39.5 Å². The molecule has 2 fully saturated rings. The van der Waals surface area contributed by atoms with Crippen molar-refractivity contribution >= 4 is 5.91 Å². The zero-order valence-corrected chi connectivity index (χ0v) is 13.4. The van der Waals surface area contributed by atoms with Crippen molar-refractivity contribution in [3.63, 3.8) is 0 Å². The summed E-state index contributed by atoms with van der Waals surface area (Å²) in [4.78, 5) is 17.0. The van der Waals surface area contributed by atoms with Crippen molar-refractivity contribution < 1.29 is 4.79 Å². The summed E-state index contributed by atoms with van der Waals surface area (Å²) in [7, 11) is 2.20. The maximum Gasteiger partial charge on any atom is 0.226 e. The van der Waals surface area contributed by atoms with E-state index < -0.39 is 0 Å². The van der Waals surface area contributed by atoms with Crippen molar-refractivity contribution in [3.8, 4) is 0 Å². The first-order valence-corrected chi connectivity index (χ1v) is 8.27. The topological polar surface area (TPSA) is 35.6 Å². The van der Waals surface area contributed by atoms with Crippen LogP contribution >= 0.6 is 0 Å². The first-order chi connectivity index (χ1) is 9.58. The molecule has 0 bridgehead atoms. The second-order valence-corrected chi connectivity index (χ2v) is 6.85. The number of likely N-dealkylation sites (tertiary alicyclic amines) is 1. The number of carbonyl (C=O) groups is 1. The van der Waals surface area contributed by atoms with Gasteiger partial charge in [0.25, 0.3) is 0 Å². The zero-order chi connectivity index (χ0) is 14.5. The molecule has 0 aromatic heterocycles. The highest BCUT2D eigenvalue weighted by atomic mass is 16.2. The minimum absolute atomic E-state index is 0.235. The molecule has 2 heterocycles. The van der Waals surface area contributed by atoms with Gasteiger partial charge in [0.2, 0.25) is 5.91 Å². The van der Waals surface area contributed by atoms with Gasteiger partial charge in [-0.25, -0.2) is 0 Å². The van der Waals surface area contributed by atoms with Crippen molar-refractivity contribution in [2.24, 2.45) is 11.8 Å². The number of nitrogens with zero attached hydrogens (tertiary/aromatic N) is 2. The van der Waals surface area contributed by atoms with E-state index in [1.54, 1.807) is 0 Å². The molecule has 0 spiro atoms. The summed E-state index contributed by atoms with van der Waals surface area (Å²) in [6.45, 7) is 9.55. The van der Waals surface area contributed by atoms with Gasteiger partial charge in [0.05, 0.1) is 5.92 Å². The number of rotatable bonds is 4. The van der Waals surface area contributed by atoms with Crippen molar-refractivity contribution in [3.05, 3.63) is 0 Å². The number of amides is 1. The molecule has 1 N–H and O–H groups in total. The van der Waals surface area contributed by atoms with E-state index in [1.165, 1.54) is 19.4 Å². The minimum atomic E-state index is 0.235. The van der Waals surface area contributed by atoms with Crippen LogP contribution in [0.15, 0.2) is 0 Å². The van der Waals surface area contributed by atoms with E-state index in [-0.39, 0.29) is 5.92 Å². The molecular formula is C16H31N3O. The molecule has 1 amide bonds. The van der Waals surface area contributed by atoms with E-state index in [4.69, 9.17) is 0 Å². The third-order valence-corrected chi connectivity index (χ3v) is 5.00. The van der Waals surface area contributed by atoms with E-state index >= 15 is 0 Å². The number of hydrogen-bond acceptors (Lipinski definition) is 3. The van der Waals surface area contributed by atoms with Crippen molar-refractivity contribution in [2.75, 3.05) is 39.8 Å². The Kier molecular flexibility index (Phi) is 5.85. The van der Waals surface area contributed by atoms with Crippen LogP contribution in [0.25, 0.3) is 0 Å². The molecule has 2 aliphatic heterocycles. The van der Waals surface area contributed by atoms with Crippen molar-refractivity contribution in [1.82, 2.24) is 15.1 Å². The summed E-state index contributed by atoms with van der Waals surface area (Å²) in [6, 6.07) is 0.614. The average Bonchev–Trinajstić information content (AvgIpc) is 2.48. The summed E-state index contributed by atoms with van der Waals surface area (Å²) in [6.07, 6.45) is 4.56. The van der Waals surface area contributed by atoms with Crippen LogP contribution in [0, 0.1) is 11.8 Å². The van der Waals surface area contributed by atoms with E-state index in [2.05, 4.69) is 36.0 Å². The van der Waals surface area contributed by atoms with Gasteiger partial charge in [-0.15, -0.1) is 0 Å². The molecule has 20 heavy (non-hydrogen) atoms. The Hall–Kier alpha value is -0.610. The molecule has 2 rings (SSSR count). The summed E-state index contributed by atoms with van der Waals surface area (Å²) in [5.74, 6) is 1.39. The maximum absolute atomic E-state index is 12.5. The summed E-state index contributed by atoms with van der Waals surface area (Å²) >= 11 is 0. The van der Waals surface area contributed by atoms with Crippen molar-refractivity contribution in [2.45, 2.75) is 45.6 Å². The lowest BCUT2D eigenvalue weighted by Crippen LogP contribution is -2.47. The van der Waals surface area contributed by atoms with Gasteiger partial charge in [-0.05, 0) is 59.0 Å². The maximum atomic E-state index is 12.5. The van der Waals surface area contributed by atoms with Crippen LogP contribution < -0.4 is 5.32 Å². The van der Waals surface area contributed by atoms with E-state index in [0.29, 0.717) is 11.9 Å². The molecule has 4 nitrogen and oxygen atoms in total. The predicted octanol–water partition coefficient (Wildman–Crippen LogP) is 1.56. The molecule has 1 unspecified atom stereocenters. The minimum Gasteiger partial charge on any atom is -0.342 e. The highest BCUT2D eigenvalue weighted by molar-refractivity contribution is 5.79. The number of carbonyl (C=O) groups excluding carboxylic acids is 1. The Balaban J connectivity index is 1.74. The van der Waals surface area contributed by atoms with Crippen LogP contribution in [0.5, 0.6) is 0 Å². The smallest absolute Gasteiger partial charge is 0.226 e. The Labute approximate surface area is 123 Å². The third-order valence-electron chi connectivity index (χ3n) is 5.00. The van der Waals surface area contributed by atoms with Gasteiger partial charge in [0, 0.05) is 32.2 Å². The molecule has 0 aromatic rings. The van der Waals surface area contributed by atoms with Crippen molar-refractivity contribution in [1.29, 1.82) is 0 Å². The van der Waals surface area contributed by atoms with Gasteiger partial charge in [-0.2, -0.15) is 0 Å². The Morgan fingerprint density at radius 3 is 2.55 bits per heavy atom. The van der Waals surface area contributed by atoms with E-state index in [1.807, 2.05) is 0 Å². The van der Waals surface area contributed by atoms with Gasteiger partial charge in [-0.3, -0.25) is 4.79 Å². The lowest BCUT2D eigenvalue weighted by Gasteiger charge is -2.37. The zero-order valence-electron chi connectivity index (χ0n) is 13.4. The average molecular weight is 281 g/mol. The molecule has 0 radical (unpaired) electrons. The standard InChI is InChI=1S/C16H31N3O/c1-13(2)18(3)12-14-6-9-19(10-7-14)16(20)15-5-4-8-17-11-15/h13-15,17H,4-12H2,1-3H3. The van der Waals surface area contributed by atoms with Gasteiger partial charge < -0.3 is 15.1 Å². The molecule has 1 atom stereocenters. The number of hydrogen-bond donors (Lipinski definition) is 1. The normalized spacial score (nSPS) is 25.4. The van der Waals surface area contributed by atoms with Gasteiger partial charge >= 0.3 is 0 Å². The van der Waals surface area contributed by atoms with Gasteiger partial charge in [0.1, 0.15) is 0 Å². The molecule has 2 saturated heterocycles. The lowest BCUT2D eigenvalue weighted by molar-refractivity contribution is -0.137. The van der Waals surface area contributed by atoms with Crippen LogP contribution in [0.3, 0.4) is 0 Å². The van der Waals surface area contributed by atoms with Gasteiger partial charge in [-0.1, -0.05) is 0 Å². The van der Waals surface area contributed by atoms with Crippen LogP contribution in [-0.4, -0.2) is 61.5 Å². The molecule has 4 heteroatoms. The summed E-state index contributed by atoms with van der Waals surface area (Å²) in [5, 5.41) is 3.35. The summed E-state index contributed by atoms with van der Waals surface area (Å²) in [5.41, 5.74) is 0. The SMILES string of the molecule is CC(C)N(C)CC1CCN(C(=O)C2CCCNC2)CC1. The number of nitrogens with one attached hydrogen (secondary N) is 1. The first kappa shape index (κ1) is 15.8. The fourth-order valence-corrected chi connectivity index (χ4v) is 3.27. The third kappa shape index (κ3) is 4.19. The molecule has 2 aliphatic rings. The van der Waals surface area contributed by atoms with Gasteiger partial charge in [0.15, 0.2) is 0 Å². The van der Waals surface area contributed by atoms with Crippen LogP contribution in [0.4, 0.5) is 0 Å². The molecule has 116 valence electrons. The highest BCUT2D eigenvalue weighted by Gasteiger charge is 2.29. The quantitative estimate of drug-likeness (QED) is 0.849. The summed E-state index contributed by atoms with van der Waals surface area (Å²) < 4.78 is 0. The highest BCUT2D eigenvalue weighted by Crippen LogP contribution is 2.22. The fourth-order valence-electron chi connectivity index (χ4n) is 3.27. The first-order valence-electron chi connectivity index (χ1n) is 8.27. The Morgan fingerprint density at radius 2 is 2.00 bits per heavy atom. The second-order valence-electron chi connectivity index (χ2n) is 6.85. The molecular weight excluding hydrogens is 250 g/mol. The largest absolute Gasteiger partial charge is 0.342 e. The Bertz CT molecular complexity index is 305. The molecule has 0 aromatic carbocycles. The van der Waals surface area contributed by atoms with Crippen LogP contribution in [-0.2, 0) is 4.79 Å². The monoisotopic (exact) mass is 281 g/mol. The second kappa shape index (κ2) is 7.41. The molecule has 0 saturated carbocycles. The number of piperidine rings is 2. The Morgan fingerprint density at radius 1 is 1.30 bits per heavy atom. The lowest BCUT2D eigenvalue weighted by atomic mass is 9.93.